The van der Waals surface area contributed by atoms with Crippen LogP contribution in [-0.2, 0) is 0 Å². The number of rotatable bonds is 3. The monoisotopic (exact) mass is 283 g/mol. The van der Waals surface area contributed by atoms with Gasteiger partial charge < -0.3 is 10.1 Å². The molecule has 0 amide bonds. The smallest absolute Gasteiger partial charge is 0.406 e. The van der Waals surface area contributed by atoms with Gasteiger partial charge in [0.05, 0.1) is 5.69 Å². The number of hydrogen-bond donors (Lipinski definition) is 1. The van der Waals surface area contributed by atoms with Crippen LogP contribution in [0.25, 0.3) is 0 Å². The van der Waals surface area contributed by atoms with E-state index in [1.807, 2.05) is 6.92 Å². The molecule has 1 aromatic carbocycles. The molecule has 6 heteroatoms. The quantitative estimate of drug-likeness (QED) is 0.912. The lowest BCUT2D eigenvalue weighted by molar-refractivity contribution is -0.274. The van der Waals surface area contributed by atoms with Gasteiger partial charge in [0.25, 0.3) is 0 Å². The molecule has 15 heavy (non-hydrogen) atoms. The van der Waals surface area contributed by atoms with E-state index < -0.39 is 6.36 Å². The fourth-order valence-electron chi connectivity index (χ4n) is 1.03. The van der Waals surface area contributed by atoms with Crippen LogP contribution < -0.4 is 10.1 Å². The second kappa shape index (κ2) is 4.74. The number of hydrogen-bond acceptors (Lipinski definition) is 2. The normalized spacial score (nSPS) is 11.3. The molecule has 0 bridgehead atoms. The van der Waals surface area contributed by atoms with Gasteiger partial charge in [0.1, 0.15) is 5.75 Å². The van der Waals surface area contributed by atoms with Crippen molar-refractivity contribution in [2.45, 2.75) is 13.3 Å². The van der Waals surface area contributed by atoms with Crippen molar-refractivity contribution in [3.05, 3.63) is 22.7 Å². The van der Waals surface area contributed by atoms with Gasteiger partial charge in [-0.05, 0) is 35.0 Å². The van der Waals surface area contributed by atoms with Crippen LogP contribution in [0.4, 0.5) is 18.9 Å². The molecule has 0 radical (unpaired) electrons. The highest BCUT2D eigenvalue weighted by molar-refractivity contribution is 9.10. The Kier molecular flexibility index (Phi) is 3.84. The largest absolute Gasteiger partial charge is 0.573 e. The number of benzene rings is 1. The predicted molar refractivity (Wildman–Crippen MR) is 55.0 cm³/mol. The zero-order valence-electron chi connectivity index (χ0n) is 7.86. The van der Waals surface area contributed by atoms with Crippen molar-refractivity contribution in [3.8, 4) is 5.75 Å². The number of alkyl halides is 3. The van der Waals surface area contributed by atoms with E-state index in [1.54, 1.807) is 0 Å². The minimum atomic E-state index is -4.66. The van der Waals surface area contributed by atoms with Crippen molar-refractivity contribution >= 4 is 21.6 Å². The van der Waals surface area contributed by atoms with E-state index in [4.69, 9.17) is 0 Å². The Morgan fingerprint density at radius 3 is 2.60 bits per heavy atom. The van der Waals surface area contributed by atoms with Gasteiger partial charge in [-0.15, -0.1) is 13.2 Å². The Bertz CT molecular complexity index is 341. The van der Waals surface area contributed by atoms with Crippen LogP contribution >= 0.6 is 15.9 Å². The molecule has 0 unspecified atom stereocenters. The maximum absolute atomic E-state index is 11.9. The summed E-state index contributed by atoms with van der Waals surface area (Å²) in [4.78, 5) is 0. The SMILES string of the molecule is CCNc1cc(OC(F)(F)F)ccc1Br. The molecular weight excluding hydrogens is 275 g/mol. The fourth-order valence-corrected chi connectivity index (χ4v) is 1.41. The summed E-state index contributed by atoms with van der Waals surface area (Å²) in [6.07, 6.45) is -4.66. The van der Waals surface area contributed by atoms with Gasteiger partial charge in [0.15, 0.2) is 0 Å². The summed E-state index contributed by atoms with van der Waals surface area (Å²) < 4.78 is 40.2. The van der Waals surface area contributed by atoms with Gasteiger partial charge in [-0.25, -0.2) is 0 Å². The lowest BCUT2D eigenvalue weighted by Gasteiger charge is -2.11. The summed E-state index contributed by atoms with van der Waals surface area (Å²) in [5.41, 5.74) is 0.569. The first kappa shape index (κ1) is 12.2. The Labute approximate surface area is 93.6 Å². The third kappa shape index (κ3) is 3.99. The standard InChI is InChI=1S/C9H9BrF3NO/c1-2-14-8-5-6(3-4-7(8)10)15-9(11,12)13/h3-5,14H,2H2,1H3. The summed E-state index contributed by atoms with van der Waals surface area (Å²) in [7, 11) is 0. The lowest BCUT2D eigenvalue weighted by Crippen LogP contribution is -2.17. The molecule has 2 nitrogen and oxygen atoms in total. The van der Waals surface area contributed by atoms with Crippen molar-refractivity contribution in [3.63, 3.8) is 0 Å². The second-order valence-corrected chi connectivity index (χ2v) is 3.57. The van der Waals surface area contributed by atoms with Gasteiger partial charge in [-0.1, -0.05) is 0 Å². The summed E-state index contributed by atoms with van der Waals surface area (Å²) in [5, 5.41) is 2.91. The highest BCUT2D eigenvalue weighted by Crippen LogP contribution is 2.30. The third-order valence-corrected chi connectivity index (χ3v) is 2.23. The van der Waals surface area contributed by atoms with E-state index in [0.29, 0.717) is 16.7 Å². The third-order valence-electron chi connectivity index (χ3n) is 1.54. The molecule has 0 aromatic heterocycles. The molecule has 0 aliphatic rings. The lowest BCUT2D eigenvalue weighted by atomic mass is 10.3. The van der Waals surface area contributed by atoms with Crippen molar-refractivity contribution in [1.82, 2.24) is 0 Å². The first-order chi connectivity index (χ1) is 6.92. The minimum Gasteiger partial charge on any atom is -0.406 e. The van der Waals surface area contributed by atoms with Crippen molar-refractivity contribution in [2.75, 3.05) is 11.9 Å². The molecule has 1 rings (SSSR count). The van der Waals surface area contributed by atoms with Crippen LogP contribution in [0.3, 0.4) is 0 Å². The maximum Gasteiger partial charge on any atom is 0.573 e. The Balaban J connectivity index is 2.87. The Hall–Kier alpha value is -0.910. The van der Waals surface area contributed by atoms with Gasteiger partial charge >= 0.3 is 6.36 Å². The molecule has 1 aromatic rings. The Morgan fingerprint density at radius 2 is 2.07 bits per heavy atom. The topological polar surface area (TPSA) is 21.3 Å². The van der Waals surface area contributed by atoms with E-state index in [-0.39, 0.29) is 5.75 Å². The molecule has 0 aliphatic carbocycles. The number of nitrogens with one attached hydrogen (secondary N) is 1. The summed E-state index contributed by atoms with van der Waals surface area (Å²) >= 11 is 3.21. The summed E-state index contributed by atoms with van der Waals surface area (Å²) in [5.74, 6) is -0.235. The summed E-state index contributed by atoms with van der Waals surface area (Å²) in [6.45, 7) is 2.47. The Morgan fingerprint density at radius 1 is 1.40 bits per heavy atom. The molecule has 0 saturated carbocycles. The van der Waals surface area contributed by atoms with Crippen molar-refractivity contribution in [2.24, 2.45) is 0 Å². The van der Waals surface area contributed by atoms with Crippen LogP contribution in [-0.4, -0.2) is 12.9 Å². The molecule has 0 atom stereocenters. The molecule has 0 spiro atoms. The molecule has 0 heterocycles. The first-order valence-electron chi connectivity index (χ1n) is 4.21. The van der Waals surface area contributed by atoms with Crippen LogP contribution in [0.1, 0.15) is 6.92 Å². The fraction of sp³-hybridized carbons (Fsp3) is 0.333. The molecule has 84 valence electrons. The van der Waals surface area contributed by atoms with Gasteiger partial charge in [-0.3, -0.25) is 0 Å². The second-order valence-electron chi connectivity index (χ2n) is 2.72. The number of ether oxygens (including phenoxy) is 1. The minimum absolute atomic E-state index is 0.235. The zero-order chi connectivity index (χ0) is 11.5. The average molecular weight is 284 g/mol. The maximum atomic E-state index is 11.9. The van der Waals surface area contributed by atoms with Crippen LogP contribution in [0.5, 0.6) is 5.75 Å². The molecule has 0 fully saturated rings. The number of halogens is 4. The van der Waals surface area contributed by atoms with E-state index in [1.165, 1.54) is 18.2 Å². The zero-order valence-corrected chi connectivity index (χ0v) is 9.45. The van der Waals surface area contributed by atoms with Gasteiger partial charge in [0, 0.05) is 17.1 Å². The van der Waals surface area contributed by atoms with E-state index in [0.717, 1.165) is 0 Å². The average Bonchev–Trinajstić information content (AvgIpc) is 2.09. The molecule has 0 saturated heterocycles. The van der Waals surface area contributed by atoms with Crippen molar-refractivity contribution < 1.29 is 17.9 Å². The van der Waals surface area contributed by atoms with Crippen LogP contribution in [0, 0.1) is 0 Å². The predicted octanol–water partition coefficient (Wildman–Crippen LogP) is 3.78. The highest BCUT2D eigenvalue weighted by atomic mass is 79.9. The van der Waals surface area contributed by atoms with Gasteiger partial charge in [0.2, 0.25) is 0 Å². The molecular formula is C9H9BrF3NO. The van der Waals surface area contributed by atoms with E-state index >= 15 is 0 Å². The van der Waals surface area contributed by atoms with Crippen LogP contribution in [0.15, 0.2) is 22.7 Å². The van der Waals surface area contributed by atoms with Gasteiger partial charge in [-0.2, -0.15) is 0 Å². The summed E-state index contributed by atoms with van der Waals surface area (Å²) in [6, 6.07) is 4.04. The first-order valence-corrected chi connectivity index (χ1v) is 5.01. The number of anilines is 1. The van der Waals surface area contributed by atoms with Crippen molar-refractivity contribution in [1.29, 1.82) is 0 Å². The van der Waals surface area contributed by atoms with Crippen LogP contribution in [0.2, 0.25) is 0 Å². The van der Waals surface area contributed by atoms with E-state index in [2.05, 4.69) is 26.0 Å². The molecule has 0 aliphatic heterocycles. The highest BCUT2D eigenvalue weighted by Gasteiger charge is 2.31. The molecule has 1 N–H and O–H groups in total. The van der Waals surface area contributed by atoms with E-state index in [9.17, 15) is 13.2 Å².